The van der Waals surface area contributed by atoms with Gasteiger partial charge in [-0.25, -0.2) is 8.78 Å². The van der Waals surface area contributed by atoms with Gasteiger partial charge in [0, 0.05) is 11.3 Å². The molecule has 176 valence electrons. The SMILES string of the molecule is COc1c(F)c(F)c(C(=O)NC(=S)Nc2cc(-c3nn4c(C)nnc4s3)ccc2C)c(F)c1F. The molecule has 0 bridgehead atoms. The minimum absolute atomic E-state index is 0.352. The van der Waals surface area contributed by atoms with E-state index in [4.69, 9.17) is 12.2 Å². The quantitative estimate of drug-likeness (QED) is 0.242. The molecule has 0 unspecified atom stereocenters. The van der Waals surface area contributed by atoms with Crippen LogP contribution in [-0.4, -0.2) is 37.9 Å². The molecule has 2 N–H and O–H groups in total. The van der Waals surface area contributed by atoms with Gasteiger partial charge in [0.1, 0.15) is 10.6 Å². The molecule has 0 saturated carbocycles. The van der Waals surface area contributed by atoms with Crippen LogP contribution in [0.5, 0.6) is 5.75 Å². The third-order valence-electron chi connectivity index (χ3n) is 4.76. The van der Waals surface area contributed by atoms with Crippen LogP contribution in [0.2, 0.25) is 0 Å². The number of rotatable bonds is 4. The van der Waals surface area contributed by atoms with Crippen molar-refractivity contribution in [3.05, 3.63) is 58.4 Å². The molecular weight excluding hydrogens is 496 g/mol. The highest BCUT2D eigenvalue weighted by Crippen LogP contribution is 2.31. The molecule has 1 amide bonds. The predicted octanol–water partition coefficient (Wildman–Crippen LogP) is 4.16. The number of amides is 1. The van der Waals surface area contributed by atoms with Gasteiger partial charge < -0.3 is 10.1 Å². The third kappa shape index (κ3) is 4.05. The highest BCUT2D eigenvalue weighted by Gasteiger charge is 2.30. The van der Waals surface area contributed by atoms with Crippen molar-refractivity contribution in [1.29, 1.82) is 0 Å². The van der Waals surface area contributed by atoms with Crippen molar-refractivity contribution in [2.45, 2.75) is 13.8 Å². The van der Waals surface area contributed by atoms with E-state index in [-0.39, 0.29) is 5.11 Å². The molecule has 14 heteroatoms. The molecule has 0 fully saturated rings. The number of aryl methyl sites for hydroxylation is 2. The Morgan fingerprint density at radius 1 is 1.09 bits per heavy atom. The number of anilines is 1. The van der Waals surface area contributed by atoms with E-state index in [0.717, 1.165) is 12.7 Å². The van der Waals surface area contributed by atoms with Crippen molar-refractivity contribution >= 4 is 45.2 Å². The Morgan fingerprint density at radius 2 is 1.76 bits per heavy atom. The fourth-order valence-electron chi connectivity index (χ4n) is 3.03. The number of nitrogens with one attached hydrogen (secondary N) is 2. The zero-order valence-electron chi connectivity index (χ0n) is 17.7. The van der Waals surface area contributed by atoms with E-state index < -0.39 is 40.5 Å². The number of thiocarbonyl (C=S) groups is 1. The molecular formula is C20H14F4N6O2S2. The molecule has 0 spiro atoms. The van der Waals surface area contributed by atoms with Gasteiger partial charge in [-0.15, -0.1) is 10.2 Å². The summed E-state index contributed by atoms with van der Waals surface area (Å²) in [4.78, 5) is 13.0. The van der Waals surface area contributed by atoms with Crippen LogP contribution in [0.1, 0.15) is 21.7 Å². The summed E-state index contributed by atoms with van der Waals surface area (Å²) in [6.07, 6.45) is 0. The number of hydrogen-bond donors (Lipinski definition) is 2. The number of carbonyl (C=O) groups excluding carboxylic acids is 1. The maximum Gasteiger partial charge on any atom is 0.263 e. The van der Waals surface area contributed by atoms with Gasteiger partial charge in [-0.2, -0.15) is 18.4 Å². The van der Waals surface area contributed by atoms with E-state index in [0.29, 0.717) is 27.0 Å². The molecule has 8 nitrogen and oxygen atoms in total. The Kier molecular flexibility index (Phi) is 6.18. The number of nitrogens with zero attached hydrogens (tertiary/aromatic N) is 4. The summed E-state index contributed by atoms with van der Waals surface area (Å²) in [5.74, 6) is -9.63. The van der Waals surface area contributed by atoms with Crippen molar-refractivity contribution < 1.29 is 27.1 Å². The number of aromatic nitrogens is 4. The number of methoxy groups -OCH3 is 1. The number of fused-ring (bicyclic) bond motifs is 1. The van der Waals surface area contributed by atoms with Gasteiger partial charge in [0.15, 0.2) is 28.3 Å². The average molecular weight is 510 g/mol. The lowest BCUT2D eigenvalue weighted by Gasteiger charge is -2.14. The second kappa shape index (κ2) is 8.95. The fourth-order valence-corrected chi connectivity index (χ4v) is 4.11. The van der Waals surface area contributed by atoms with Crippen molar-refractivity contribution in [1.82, 2.24) is 25.1 Å². The van der Waals surface area contributed by atoms with Crippen LogP contribution in [-0.2, 0) is 0 Å². The molecule has 34 heavy (non-hydrogen) atoms. The third-order valence-corrected chi connectivity index (χ3v) is 5.91. The molecule has 0 aliphatic carbocycles. The van der Waals surface area contributed by atoms with Crippen LogP contribution in [0, 0.1) is 37.1 Å². The largest absolute Gasteiger partial charge is 0.491 e. The molecule has 4 rings (SSSR count). The topological polar surface area (TPSA) is 93.4 Å². The van der Waals surface area contributed by atoms with Crippen LogP contribution in [0.15, 0.2) is 18.2 Å². The first kappa shape index (κ1) is 23.5. The van der Waals surface area contributed by atoms with Gasteiger partial charge in [0.05, 0.1) is 7.11 Å². The lowest BCUT2D eigenvalue weighted by atomic mass is 10.1. The van der Waals surface area contributed by atoms with Crippen molar-refractivity contribution in [2.24, 2.45) is 0 Å². The number of benzene rings is 2. The Morgan fingerprint density at radius 3 is 2.38 bits per heavy atom. The van der Waals surface area contributed by atoms with E-state index in [1.807, 2.05) is 11.4 Å². The lowest BCUT2D eigenvalue weighted by Crippen LogP contribution is -2.35. The van der Waals surface area contributed by atoms with Gasteiger partial charge in [-0.05, 0) is 37.7 Å². The van der Waals surface area contributed by atoms with Crippen LogP contribution >= 0.6 is 23.6 Å². The van der Waals surface area contributed by atoms with Crippen LogP contribution in [0.25, 0.3) is 15.5 Å². The zero-order valence-corrected chi connectivity index (χ0v) is 19.3. The molecule has 0 aliphatic rings. The smallest absolute Gasteiger partial charge is 0.263 e. The Hall–Kier alpha value is -3.65. The average Bonchev–Trinajstić information content (AvgIpc) is 3.36. The number of halogens is 4. The number of carbonyl (C=O) groups is 1. The van der Waals surface area contributed by atoms with E-state index in [2.05, 4.69) is 25.3 Å². The maximum atomic E-state index is 14.2. The molecule has 0 saturated heterocycles. The van der Waals surface area contributed by atoms with E-state index >= 15 is 0 Å². The van der Waals surface area contributed by atoms with Gasteiger partial charge in [-0.1, -0.05) is 23.5 Å². The minimum atomic E-state index is -1.91. The molecule has 2 aromatic heterocycles. The summed E-state index contributed by atoms with van der Waals surface area (Å²) in [5.41, 5.74) is 0.408. The van der Waals surface area contributed by atoms with Crippen molar-refractivity contribution in [2.75, 3.05) is 12.4 Å². The van der Waals surface area contributed by atoms with E-state index in [9.17, 15) is 22.4 Å². The highest BCUT2D eigenvalue weighted by molar-refractivity contribution is 7.80. The second-order valence-electron chi connectivity index (χ2n) is 6.95. The molecule has 2 heterocycles. The molecule has 0 radical (unpaired) electrons. The maximum absolute atomic E-state index is 14.2. The fraction of sp³-hybridized carbons (Fsp3) is 0.150. The van der Waals surface area contributed by atoms with E-state index in [1.165, 1.54) is 11.3 Å². The molecule has 0 aliphatic heterocycles. The van der Waals surface area contributed by atoms with Crippen LogP contribution < -0.4 is 15.4 Å². The highest BCUT2D eigenvalue weighted by atomic mass is 32.1. The van der Waals surface area contributed by atoms with Crippen LogP contribution in [0.4, 0.5) is 23.2 Å². The summed E-state index contributed by atoms with van der Waals surface area (Å²) < 4.78 is 62.2. The van der Waals surface area contributed by atoms with Gasteiger partial charge in [0.25, 0.3) is 5.91 Å². The monoisotopic (exact) mass is 510 g/mol. The predicted molar refractivity (Wildman–Crippen MR) is 120 cm³/mol. The summed E-state index contributed by atoms with van der Waals surface area (Å²) in [7, 11) is 0.831. The molecule has 2 aromatic carbocycles. The molecule has 0 atom stereocenters. The first-order valence-electron chi connectivity index (χ1n) is 9.44. The summed E-state index contributed by atoms with van der Waals surface area (Å²) in [5, 5.41) is 17.4. The van der Waals surface area contributed by atoms with Gasteiger partial charge >= 0.3 is 0 Å². The van der Waals surface area contributed by atoms with Gasteiger partial charge in [-0.3, -0.25) is 10.1 Å². The number of ether oxygens (including phenoxy) is 1. The van der Waals surface area contributed by atoms with Crippen molar-refractivity contribution in [3.8, 4) is 16.3 Å². The summed E-state index contributed by atoms with van der Waals surface area (Å²) in [6.45, 7) is 3.52. The van der Waals surface area contributed by atoms with Crippen LogP contribution in [0.3, 0.4) is 0 Å². The number of hydrogen-bond acceptors (Lipinski definition) is 7. The standard InChI is InChI=1S/C20H14F4N6O2S2/c1-7-4-5-9(18-29-30-8(2)27-28-20(30)34-18)6-10(7)25-19(33)26-17(31)11-12(21)14(23)16(32-3)15(24)13(11)22/h4-6H,1-3H3,(H2,25,26,31,33). The Bertz CT molecular complexity index is 1440. The van der Waals surface area contributed by atoms with E-state index in [1.54, 1.807) is 30.5 Å². The second-order valence-corrected chi connectivity index (χ2v) is 8.32. The summed E-state index contributed by atoms with van der Waals surface area (Å²) >= 11 is 6.36. The lowest BCUT2D eigenvalue weighted by molar-refractivity contribution is 0.0966. The molecule has 4 aromatic rings. The van der Waals surface area contributed by atoms with Gasteiger partial charge in [0.2, 0.25) is 16.6 Å². The normalized spacial score (nSPS) is 11.0. The summed E-state index contributed by atoms with van der Waals surface area (Å²) in [6, 6.07) is 5.28. The van der Waals surface area contributed by atoms with Crippen molar-refractivity contribution in [3.63, 3.8) is 0 Å². The first-order chi connectivity index (χ1) is 16.1. The minimum Gasteiger partial charge on any atom is -0.491 e. The zero-order chi connectivity index (χ0) is 24.7. The Balaban J connectivity index is 1.57. The first-order valence-corrected chi connectivity index (χ1v) is 10.7. The Labute approximate surface area is 198 Å².